The monoisotopic (exact) mass is 497 g/mol. The molecule has 8 heteroatoms. The molecule has 0 saturated carbocycles. The molecule has 0 fully saturated rings. The standard InChI is InChI=1S/C24H18BrF2N3O2/c25-18-7-9-21(10-8-18)28-23(31)22-14-30(13-16-3-1-5-19(26)11-16)29-24(22)32-15-17-4-2-6-20(27)12-17/h1-12,14H,13,15H2,(H,28,31). The van der Waals surface area contributed by atoms with Gasteiger partial charge in [0.15, 0.2) is 0 Å². The molecule has 0 aliphatic heterocycles. The first-order valence-corrected chi connectivity index (χ1v) is 10.5. The van der Waals surface area contributed by atoms with Crippen molar-refractivity contribution in [1.29, 1.82) is 0 Å². The van der Waals surface area contributed by atoms with Crippen LogP contribution in [-0.4, -0.2) is 15.7 Å². The van der Waals surface area contributed by atoms with Gasteiger partial charge in [-0.2, -0.15) is 0 Å². The number of nitrogens with zero attached hydrogens (tertiary/aromatic N) is 2. The molecule has 0 saturated heterocycles. The van der Waals surface area contributed by atoms with E-state index in [9.17, 15) is 13.6 Å². The van der Waals surface area contributed by atoms with Gasteiger partial charge < -0.3 is 10.1 Å². The third-order valence-corrected chi connectivity index (χ3v) is 5.10. The summed E-state index contributed by atoms with van der Waals surface area (Å²) in [6, 6.07) is 19.3. The lowest BCUT2D eigenvalue weighted by atomic mass is 10.2. The normalized spacial score (nSPS) is 10.7. The third kappa shape index (κ3) is 5.59. The number of rotatable bonds is 7. The highest BCUT2D eigenvalue weighted by atomic mass is 79.9. The first-order chi connectivity index (χ1) is 15.5. The van der Waals surface area contributed by atoms with Gasteiger partial charge in [0.25, 0.3) is 5.91 Å². The summed E-state index contributed by atoms with van der Waals surface area (Å²) in [5.74, 6) is -1.05. The van der Waals surface area contributed by atoms with Crippen LogP contribution in [0.2, 0.25) is 0 Å². The molecule has 3 aromatic carbocycles. The van der Waals surface area contributed by atoms with Gasteiger partial charge in [-0.25, -0.2) is 8.78 Å². The molecule has 1 N–H and O–H groups in total. The maximum atomic E-state index is 13.5. The van der Waals surface area contributed by atoms with Crippen LogP contribution in [0.15, 0.2) is 83.5 Å². The average molecular weight is 498 g/mol. The number of nitrogens with one attached hydrogen (secondary N) is 1. The van der Waals surface area contributed by atoms with Gasteiger partial charge >= 0.3 is 0 Å². The minimum atomic E-state index is -0.410. The zero-order chi connectivity index (χ0) is 22.5. The molecule has 0 spiro atoms. The Bertz CT molecular complexity index is 1240. The number of ether oxygens (including phenoxy) is 1. The van der Waals surface area contributed by atoms with Gasteiger partial charge in [-0.05, 0) is 59.7 Å². The Balaban J connectivity index is 1.58. The maximum absolute atomic E-state index is 13.5. The molecule has 4 aromatic rings. The van der Waals surface area contributed by atoms with E-state index in [-0.39, 0.29) is 36.2 Å². The minimum absolute atomic E-state index is 0.0350. The number of hydrogen-bond acceptors (Lipinski definition) is 3. The van der Waals surface area contributed by atoms with Crippen molar-refractivity contribution in [3.05, 3.63) is 112 Å². The van der Waals surface area contributed by atoms with Gasteiger partial charge in [0.05, 0.1) is 6.54 Å². The van der Waals surface area contributed by atoms with Crippen LogP contribution in [0.25, 0.3) is 0 Å². The van der Waals surface area contributed by atoms with Crippen molar-refractivity contribution in [3.8, 4) is 5.88 Å². The lowest BCUT2D eigenvalue weighted by molar-refractivity contribution is 0.102. The van der Waals surface area contributed by atoms with Crippen LogP contribution < -0.4 is 10.1 Å². The molecule has 1 heterocycles. The van der Waals surface area contributed by atoms with Crippen molar-refractivity contribution in [1.82, 2.24) is 9.78 Å². The summed E-state index contributed by atoms with van der Waals surface area (Å²) in [5, 5.41) is 7.17. The van der Waals surface area contributed by atoms with Crippen LogP contribution in [0.1, 0.15) is 21.5 Å². The highest BCUT2D eigenvalue weighted by Crippen LogP contribution is 2.22. The largest absolute Gasteiger partial charge is 0.471 e. The number of aromatic nitrogens is 2. The predicted molar refractivity (Wildman–Crippen MR) is 121 cm³/mol. The molecular formula is C24H18BrF2N3O2. The van der Waals surface area contributed by atoms with Gasteiger partial charge in [0.1, 0.15) is 23.8 Å². The summed E-state index contributed by atoms with van der Waals surface area (Å²) in [5.41, 5.74) is 2.10. The number of carbonyl (C=O) groups is 1. The molecule has 1 aromatic heterocycles. The van der Waals surface area contributed by atoms with Crippen LogP contribution in [0.5, 0.6) is 5.88 Å². The quantitative estimate of drug-likeness (QED) is 0.350. The van der Waals surface area contributed by atoms with Crippen molar-refractivity contribution in [2.45, 2.75) is 13.2 Å². The van der Waals surface area contributed by atoms with Crippen LogP contribution in [0, 0.1) is 11.6 Å². The second-order valence-electron chi connectivity index (χ2n) is 7.06. The fourth-order valence-corrected chi connectivity index (χ4v) is 3.34. The molecule has 5 nitrogen and oxygen atoms in total. The van der Waals surface area contributed by atoms with Gasteiger partial charge in [-0.3, -0.25) is 9.48 Å². The third-order valence-electron chi connectivity index (χ3n) is 4.57. The van der Waals surface area contributed by atoms with Crippen molar-refractivity contribution < 1.29 is 18.3 Å². The Kier molecular flexibility index (Phi) is 6.61. The number of halogens is 3. The lowest BCUT2D eigenvalue weighted by Crippen LogP contribution is -2.12. The Morgan fingerprint density at radius 2 is 1.62 bits per heavy atom. The summed E-state index contributed by atoms with van der Waals surface area (Å²) in [6.45, 7) is 0.285. The summed E-state index contributed by atoms with van der Waals surface area (Å²) in [7, 11) is 0. The van der Waals surface area contributed by atoms with E-state index in [1.165, 1.54) is 28.9 Å². The minimum Gasteiger partial charge on any atom is -0.471 e. The van der Waals surface area contributed by atoms with Crippen molar-refractivity contribution in [3.63, 3.8) is 0 Å². The number of hydrogen-bond donors (Lipinski definition) is 1. The highest BCUT2D eigenvalue weighted by Gasteiger charge is 2.19. The second kappa shape index (κ2) is 9.74. The smallest absolute Gasteiger partial charge is 0.262 e. The zero-order valence-corrected chi connectivity index (χ0v) is 18.4. The molecule has 0 unspecified atom stereocenters. The van der Waals surface area contributed by atoms with Crippen LogP contribution in [-0.2, 0) is 13.2 Å². The van der Waals surface area contributed by atoms with Gasteiger partial charge in [0, 0.05) is 16.4 Å². The Hall–Kier alpha value is -3.52. The van der Waals surface area contributed by atoms with E-state index in [0.717, 1.165) is 4.47 Å². The van der Waals surface area contributed by atoms with E-state index >= 15 is 0 Å². The fourth-order valence-electron chi connectivity index (χ4n) is 3.08. The maximum Gasteiger partial charge on any atom is 0.262 e. The van der Waals surface area contributed by atoms with Crippen LogP contribution in [0.3, 0.4) is 0 Å². The van der Waals surface area contributed by atoms with Crippen LogP contribution in [0.4, 0.5) is 14.5 Å². The lowest BCUT2D eigenvalue weighted by Gasteiger charge is -2.07. The van der Waals surface area contributed by atoms with Gasteiger partial charge in [-0.1, -0.05) is 40.2 Å². The van der Waals surface area contributed by atoms with E-state index in [1.807, 2.05) is 12.1 Å². The molecule has 0 aliphatic carbocycles. The van der Waals surface area contributed by atoms with E-state index in [2.05, 4.69) is 26.3 Å². The summed E-state index contributed by atoms with van der Waals surface area (Å²) in [4.78, 5) is 12.9. The first kappa shape index (κ1) is 21.7. The summed E-state index contributed by atoms with van der Waals surface area (Å²) < 4.78 is 35.2. The van der Waals surface area contributed by atoms with Crippen LogP contribution >= 0.6 is 15.9 Å². The number of anilines is 1. The Morgan fingerprint density at radius 3 is 2.31 bits per heavy atom. The van der Waals surface area contributed by atoms with Crippen molar-refractivity contribution >= 4 is 27.5 Å². The molecule has 0 atom stereocenters. The summed E-state index contributed by atoms with van der Waals surface area (Å²) in [6.07, 6.45) is 1.54. The topological polar surface area (TPSA) is 56.2 Å². The molecule has 4 rings (SSSR count). The highest BCUT2D eigenvalue weighted by molar-refractivity contribution is 9.10. The summed E-state index contributed by atoms with van der Waals surface area (Å²) >= 11 is 3.36. The van der Waals surface area contributed by atoms with E-state index < -0.39 is 5.91 Å². The van der Waals surface area contributed by atoms with E-state index in [0.29, 0.717) is 16.8 Å². The number of benzene rings is 3. The molecule has 0 radical (unpaired) electrons. The van der Waals surface area contributed by atoms with Gasteiger partial charge in [0.2, 0.25) is 5.88 Å². The molecular weight excluding hydrogens is 480 g/mol. The molecule has 0 aliphatic rings. The molecule has 162 valence electrons. The number of amides is 1. The first-order valence-electron chi connectivity index (χ1n) is 9.72. The second-order valence-corrected chi connectivity index (χ2v) is 7.97. The molecule has 32 heavy (non-hydrogen) atoms. The Morgan fingerprint density at radius 1 is 0.969 bits per heavy atom. The number of carbonyl (C=O) groups excluding carboxylic acids is 1. The van der Waals surface area contributed by atoms with E-state index in [1.54, 1.807) is 42.6 Å². The Labute approximate surface area is 191 Å². The average Bonchev–Trinajstić information content (AvgIpc) is 3.17. The predicted octanol–water partition coefficient (Wildman–Crippen LogP) is 5.80. The van der Waals surface area contributed by atoms with Crippen molar-refractivity contribution in [2.24, 2.45) is 0 Å². The SMILES string of the molecule is O=C(Nc1ccc(Br)cc1)c1cn(Cc2cccc(F)c2)nc1OCc1cccc(F)c1. The molecule has 0 bridgehead atoms. The van der Waals surface area contributed by atoms with E-state index in [4.69, 9.17) is 4.74 Å². The van der Waals surface area contributed by atoms with Crippen molar-refractivity contribution in [2.75, 3.05) is 5.32 Å². The van der Waals surface area contributed by atoms with Gasteiger partial charge in [-0.15, -0.1) is 5.10 Å². The zero-order valence-electron chi connectivity index (χ0n) is 16.8. The fraction of sp³-hybridized carbons (Fsp3) is 0.0833. The molecule has 1 amide bonds.